The predicted molar refractivity (Wildman–Crippen MR) is 86.6 cm³/mol. The molecule has 1 unspecified atom stereocenters. The zero-order valence-electron chi connectivity index (χ0n) is 12.7. The average molecular weight is 323 g/mol. The van der Waals surface area contributed by atoms with Crippen LogP contribution in [0.25, 0.3) is 0 Å². The van der Waals surface area contributed by atoms with Gasteiger partial charge in [0.2, 0.25) is 11.8 Å². The highest BCUT2D eigenvalue weighted by molar-refractivity contribution is 6.04. The Morgan fingerprint density at radius 2 is 2.04 bits per heavy atom. The molecule has 1 heterocycles. The summed E-state index contributed by atoms with van der Waals surface area (Å²) in [6.07, 6.45) is 0.0565. The van der Waals surface area contributed by atoms with Crippen molar-refractivity contribution in [1.29, 1.82) is 5.26 Å². The largest absolute Gasteiger partial charge is 0.326 e. The smallest absolute Gasteiger partial charge is 0.229 e. The maximum Gasteiger partial charge on any atom is 0.229 e. The molecule has 5 nitrogen and oxygen atoms in total. The van der Waals surface area contributed by atoms with Crippen LogP contribution in [0, 0.1) is 23.1 Å². The molecule has 0 saturated carbocycles. The molecule has 1 fully saturated rings. The second-order valence-corrected chi connectivity index (χ2v) is 5.53. The minimum absolute atomic E-state index is 0.0565. The lowest BCUT2D eigenvalue weighted by Crippen LogP contribution is -2.28. The summed E-state index contributed by atoms with van der Waals surface area (Å²) >= 11 is 0. The van der Waals surface area contributed by atoms with Gasteiger partial charge in [-0.1, -0.05) is 18.2 Å². The number of hydrogen-bond acceptors (Lipinski definition) is 3. The van der Waals surface area contributed by atoms with E-state index < -0.39 is 11.7 Å². The second-order valence-electron chi connectivity index (χ2n) is 5.53. The van der Waals surface area contributed by atoms with E-state index in [0.29, 0.717) is 16.9 Å². The minimum atomic E-state index is -0.549. The molecule has 3 rings (SSSR count). The van der Waals surface area contributed by atoms with Crippen LogP contribution in [-0.4, -0.2) is 18.4 Å². The average Bonchev–Trinajstić information content (AvgIpc) is 2.96. The highest BCUT2D eigenvalue weighted by Gasteiger charge is 2.36. The van der Waals surface area contributed by atoms with Crippen LogP contribution in [0.4, 0.5) is 15.8 Å². The molecule has 2 amide bonds. The summed E-state index contributed by atoms with van der Waals surface area (Å²) in [7, 11) is 0. The van der Waals surface area contributed by atoms with Crippen LogP contribution >= 0.6 is 0 Å². The zero-order chi connectivity index (χ0) is 17.1. The number of para-hydroxylation sites is 1. The number of benzene rings is 2. The van der Waals surface area contributed by atoms with Gasteiger partial charge in [0.25, 0.3) is 0 Å². The molecule has 0 aliphatic carbocycles. The van der Waals surface area contributed by atoms with Crippen LogP contribution in [0.2, 0.25) is 0 Å². The number of nitrogens with one attached hydrogen (secondary N) is 1. The first-order valence-corrected chi connectivity index (χ1v) is 7.44. The van der Waals surface area contributed by atoms with E-state index in [0.717, 1.165) is 0 Å². The van der Waals surface area contributed by atoms with Crippen molar-refractivity contribution >= 4 is 23.2 Å². The molecule has 1 atom stereocenters. The van der Waals surface area contributed by atoms with Crippen molar-refractivity contribution in [3.05, 3.63) is 59.9 Å². The molecular weight excluding hydrogens is 309 g/mol. The van der Waals surface area contributed by atoms with Gasteiger partial charge in [0.05, 0.1) is 17.2 Å². The lowest BCUT2D eigenvalue weighted by atomic mass is 10.1. The van der Waals surface area contributed by atoms with Gasteiger partial charge in [0, 0.05) is 18.7 Å². The molecule has 2 aromatic carbocycles. The molecule has 0 bridgehead atoms. The summed E-state index contributed by atoms with van der Waals surface area (Å²) in [6.45, 7) is 0.193. The standard InChI is InChI=1S/C18H14FN3O2/c19-14-5-3-6-15(9-14)21-18(24)13-8-17(23)22(11-13)16-7-2-1-4-12(16)10-20/h1-7,9,13H,8,11H2,(H,21,24). The number of anilines is 2. The Morgan fingerprint density at radius 1 is 1.25 bits per heavy atom. The van der Waals surface area contributed by atoms with E-state index in [-0.39, 0.29) is 24.8 Å². The number of rotatable bonds is 3. The van der Waals surface area contributed by atoms with Crippen molar-refractivity contribution in [1.82, 2.24) is 0 Å². The SMILES string of the molecule is N#Cc1ccccc1N1CC(C(=O)Nc2cccc(F)c2)CC1=O. The van der Waals surface area contributed by atoms with Crippen LogP contribution in [0.5, 0.6) is 0 Å². The summed E-state index contributed by atoms with van der Waals surface area (Å²) in [4.78, 5) is 26.0. The number of carbonyl (C=O) groups is 2. The second kappa shape index (κ2) is 6.50. The molecule has 1 N–H and O–H groups in total. The number of hydrogen-bond donors (Lipinski definition) is 1. The number of amides is 2. The summed E-state index contributed by atoms with van der Waals surface area (Å²) < 4.78 is 13.2. The molecule has 24 heavy (non-hydrogen) atoms. The number of nitriles is 1. The molecular formula is C18H14FN3O2. The Bertz CT molecular complexity index is 844. The van der Waals surface area contributed by atoms with Crippen molar-refractivity contribution in [2.75, 3.05) is 16.8 Å². The first-order valence-electron chi connectivity index (χ1n) is 7.44. The molecule has 6 heteroatoms. The Kier molecular flexibility index (Phi) is 4.25. The van der Waals surface area contributed by atoms with Gasteiger partial charge < -0.3 is 10.2 Å². The minimum Gasteiger partial charge on any atom is -0.326 e. The Labute approximate surface area is 138 Å². The fourth-order valence-electron chi connectivity index (χ4n) is 2.73. The summed E-state index contributed by atoms with van der Waals surface area (Å²) in [5.41, 5.74) is 1.24. The Balaban J connectivity index is 1.75. The third-order valence-electron chi connectivity index (χ3n) is 3.90. The van der Waals surface area contributed by atoms with Gasteiger partial charge in [0.15, 0.2) is 0 Å². The number of nitrogens with zero attached hydrogens (tertiary/aromatic N) is 2. The molecule has 0 spiro atoms. The quantitative estimate of drug-likeness (QED) is 0.944. The molecule has 1 aliphatic heterocycles. The van der Waals surface area contributed by atoms with E-state index in [9.17, 15) is 14.0 Å². The zero-order valence-corrected chi connectivity index (χ0v) is 12.7. The third-order valence-corrected chi connectivity index (χ3v) is 3.90. The normalized spacial score (nSPS) is 16.8. The number of carbonyl (C=O) groups excluding carboxylic acids is 2. The van der Waals surface area contributed by atoms with E-state index in [4.69, 9.17) is 5.26 Å². The van der Waals surface area contributed by atoms with Crippen LogP contribution in [0.3, 0.4) is 0 Å². The topological polar surface area (TPSA) is 73.2 Å². The van der Waals surface area contributed by atoms with Crippen molar-refractivity contribution in [3.63, 3.8) is 0 Å². The maximum absolute atomic E-state index is 13.2. The van der Waals surface area contributed by atoms with Gasteiger partial charge in [0.1, 0.15) is 11.9 Å². The van der Waals surface area contributed by atoms with E-state index in [1.54, 1.807) is 30.3 Å². The summed E-state index contributed by atoms with van der Waals surface area (Å²) in [5.74, 6) is -1.55. The lowest BCUT2D eigenvalue weighted by Gasteiger charge is -2.18. The molecule has 120 valence electrons. The highest BCUT2D eigenvalue weighted by atomic mass is 19.1. The fraction of sp³-hybridized carbons (Fsp3) is 0.167. The van der Waals surface area contributed by atoms with E-state index >= 15 is 0 Å². The van der Waals surface area contributed by atoms with Crippen molar-refractivity contribution in [3.8, 4) is 6.07 Å². The van der Waals surface area contributed by atoms with E-state index in [1.165, 1.54) is 23.1 Å². The lowest BCUT2D eigenvalue weighted by molar-refractivity contribution is -0.122. The highest BCUT2D eigenvalue weighted by Crippen LogP contribution is 2.28. The summed E-state index contributed by atoms with van der Waals surface area (Å²) in [5, 5.41) is 11.8. The van der Waals surface area contributed by atoms with Crippen LogP contribution in [0.15, 0.2) is 48.5 Å². The molecule has 1 saturated heterocycles. The Hall–Kier alpha value is -3.20. The maximum atomic E-state index is 13.2. The molecule has 2 aromatic rings. The van der Waals surface area contributed by atoms with E-state index in [2.05, 4.69) is 5.32 Å². The number of halogens is 1. The predicted octanol–water partition coefficient (Wildman–Crippen LogP) is 2.69. The van der Waals surface area contributed by atoms with Crippen molar-refractivity contribution < 1.29 is 14.0 Å². The monoisotopic (exact) mass is 323 g/mol. The van der Waals surface area contributed by atoms with Gasteiger partial charge in [-0.3, -0.25) is 9.59 Å². The molecule has 0 aromatic heterocycles. The molecule has 1 aliphatic rings. The first kappa shape index (κ1) is 15.7. The van der Waals surface area contributed by atoms with Gasteiger partial charge in [-0.25, -0.2) is 4.39 Å². The molecule has 0 radical (unpaired) electrons. The van der Waals surface area contributed by atoms with Crippen molar-refractivity contribution in [2.45, 2.75) is 6.42 Å². The third kappa shape index (κ3) is 3.10. The van der Waals surface area contributed by atoms with Crippen LogP contribution in [0.1, 0.15) is 12.0 Å². The van der Waals surface area contributed by atoms with Gasteiger partial charge in [-0.05, 0) is 30.3 Å². The first-order chi connectivity index (χ1) is 11.6. The van der Waals surface area contributed by atoms with Gasteiger partial charge in [-0.15, -0.1) is 0 Å². The van der Waals surface area contributed by atoms with Gasteiger partial charge in [-0.2, -0.15) is 5.26 Å². The van der Waals surface area contributed by atoms with Crippen LogP contribution in [-0.2, 0) is 9.59 Å². The fourth-order valence-corrected chi connectivity index (χ4v) is 2.73. The van der Waals surface area contributed by atoms with E-state index in [1.807, 2.05) is 6.07 Å². The van der Waals surface area contributed by atoms with Crippen LogP contribution < -0.4 is 10.2 Å². The van der Waals surface area contributed by atoms with Gasteiger partial charge >= 0.3 is 0 Å². The summed E-state index contributed by atoms with van der Waals surface area (Å²) in [6, 6.07) is 14.4. The van der Waals surface area contributed by atoms with Crippen molar-refractivity contribution in [2.24, 2.45) is 5.92 Å². The Morgan fingerprint density at radius 3 is 2.79 bits per heavy atom.